The Balaban J connectivity index is 1.18. The predicted molar refractivity (Wildman–Crippen MR) is 293 cm³/mol. The summed E-state index contributed by atoms with van der Waals surface area (Å²) in [4.78, 5) is 4.71. The minimum Gasteiger partial charge on any atom is -0.454 e. The first-order valence-corrected chi connectivity index (χ1v) is 23.9. The van der Waals surface area contributed by atoms with Gasteiger partial charge in [-0.3, -0.25) is 0 Å². The van der Waals surface area contributed by atoms with Gasteiger partial charge in [-0.2, -0.15) is 0 Å². The molecule has 336 valence electrons. The highest BCUT2D eigenvalue weighted by Gasteiger charge is 2.28. The number of furan rings is 2. The minimum atomic E-state index is -0.100. The van der Waals surface area contributed by atoms with Gasteiger partial charge >= 0.3 is 0 Å². The molecule has 0 aliphatic rings. The number of hydrogen-bond acceptors (Lipinski definition) is 4. The molecule has 0 N–H and O–H groups in total. The summed E-state index contributed by atoms with van der Waals surface area (Å²) in [5.74, 6) is 0. The van der Waals surface area contributed by atoms with Gasteiger partial charge in [0, 0.05) is 54.8 Å². The number of hydrogen-bond donors (Lipinski definition) is 0. The molecule has 9 aromatic carbocycles. The molecule has 11 aromatic rings. The Bertz CT molecular complexity index is 3900. The molecule has 0 aliphatic heterocycles. The van der Waals surface area contributed by atoms with Crippen LogP contribution in [0.4, 0.5) is 28.4 Å². The van der Waals surface area contributed by atoms with E-state index >= 15 is 0 Å². The molecule has 2 heterocycles. The molecule has 0 aliphatic carbocycles. The number of rotatable bonds is 8. The van der Waals surface area contributed by atoms with E-state index < -0.39 is 0 Å². The molecular formula is C64H58N2O2. The third kappa shape index (κ3) is 6.80. The molecule has 0 radical (unpaired) electrons. The highest BCUT2D eigenvalue weighted by Crippen LogP contribution is 2.50. The molecule has 0 fully saturated rings. The van der Waals surface area contributed by atoms with Gasteiger partial charge in [0.05, 0.1) is 22.7 Å². The summed E-state index contributed by atoms with van der Waals surface area (Å²) in [5.41, 5.74) is 15.4. The van der Waals surface area contributed by atoms with Crippen LogP contribution in [0.15, 0.2) is 184 Å². The average Bonchev–Trinajstić information content (AvgIpc) is 3.91. The summed E-state index contributed by atoms with van der Waals surface area (Å²) in [6, 6.07) is 51.2. The number of para-hydroxylation sites is 4. The van der Waals surface area contributed by atoms with Crippen LogP contribution in [0.5, 0.6) is 0 Å². The maximum Gasteiger partial charge on any atom is 0.159 e. The van der Waals surface area contributed by atoms with E-state index in [2.05, 4.69) is 237 Å². The lowest BCUT2D eigenvalue weighted by molar-refractivity contribution is 0.572. The van der Waals surface area contributed by atoms with Crippen molar-refractivity contribution in [3.05, 3.63) is 198 Å². The van der Waals surface area contributed by atoms with Crippen LogP contribution >= 0.6 is 0 Å². The van der Waals surface area contributed by atoms with Crippen molar-refractivity contribution in [1.29, 1.82) is 0 Å². The fourth-order valence-corrected chi connectivity index (χ4v) is 10.4. The Hall–Kier alpha value is -7.56. The van der Waals surface area contributed by atoms with Gasteiger partial charge in [-0.05, 0) is 114 Å². The summed E-state index contributed by atoms with van der Waals surface area (Å²) >= 11 is 0. The average molecular weight is 887 g/mol. The van der Waals surface area contributed by atoms with Crippen molar-refractivity contribution in [3.63, 3.8) is 0 Å². The molecule has 0 saturated heterocycles. The van der Waals surface area contributed by atoms with Gasteiger partial charge in [-0.15, -0.1) is 0 Å². The Morgan fingerprint density at radius 3 is 1.51 bits per heavy atom. The normalized spacial score (nSPS) is 12.9. The third-order valence-electron chi connectivity index (χ3n) is 14.2. The van der Waals surface area contributed by atoms with Crippen LogP contribution in [-0.4, -0.2) is 0 Å². The molecule has 0 atom stereocenters. The van der Waals surface area contributed by atoms with Crippen LogP contribution < -0.4 is 9.80 Å². The number of anilines is 5. The topological polar surface area (TPSA) is 32.8 Å². The maximum atomic E-state index is 7.09. The largest absolute Gasteiger partial charge is 0.454 e. The van der Waals surface area contributed by atoms with E-state index in [1.54, 1.807) is 0 Å². The molecule has 0 spiro atoms. The van der Waals surface area contributed by atoms with E-state index in [9.17, 15) is 0 Å². The molecule has 0 amide bonds. The highest BCUT2D eigenvalue weighted by atomic mass is 16.3. The molecule has 68 heavy (non-hydrogen) atoms. The van der Waals surface area contributed by atoms with Gasteiger partial charge < -0.3 is 18.6 Å². The number of aryl methyl sites for hydroxylation is 2. The first-order chi connectivity index (χ1) is 32.6. The standard InChI is InChI=1S/C64H58N2O2/c1-12-38(2)25-27-41(5)65(55-23-15-19-47-45-17-13-21-51(63(6,7)8)59(45)67-61(47)55)53-35-30-42-29-34-50-54(36-31-43-28-33-49(53)57(42)58(43)50)66(44-32-26-39(3)40(4)37-44)56-24-16-20-48-46-18-14-22-52(64(9,10)11)60(46)68-62(48)56/h12-37H,5H2,1-4,6-11H3/b27-25-,38-12+. The fourth-order valence-electron chi connectivity index (χ4n) is 10.4. The summed E-state index contributed by atoms with van der Waals surface area (Å²) < 4.78 is 14.1. The lowest BCUT2D eigenvalue weighted by atomic mass is 9.86. The zero-order valence-corrected chi connectivity index (χ0v) is 40.9. The van der Waals surface area contributed by atoms with Crippen molar-refractivity contribution in [1.82, 2.24) is 0 Å². The quantitative estimate of drug-likeness (QED) is 0.112. The van der Waals surface area contributed by atoms with Crippen molar-refractivity contribution in [2.24, 2.45) is 0 Å². The fraction of sp³-hybridized carbons (Fsp3) is 0.188. The first kappa shape index (κ1) is 43.0. The van der Waals surface area contributed by atoms with E-state index in [4.69, 9.17) is 15.4 Å². The number of fused-ring (bicyclic) bond motifs is 6. The van der Waals surface area contributed by atoms with Crippen LogP contribution in [0.3, 0.4) is 0 Å². The van der Waals surface area contributed by atoms with E-state index in [1.807, 2.05) is 0 Å². The van der Waals surface area contributed by atoms with Crippen LogP contribution in [-0.2, 0) is 10.8 Å². The van der Waals surface area contributed by atoms with Gasteiger partial charge in [0.25, 0.3) is 0 Å². The summed E-state index contributed by atoms with van der Waals surface area (Å²) in [5, 5.41) is 11.5. The second kappa shape index (κ2) is 15.8. The van der Waals surface area contributed by atoms with E-state index in [0.717, 1.165) is 94.4 Å². The van der Waals surface area contributed by atoms with Crippen molar-refractivity contribution in [2.75, 3.05) is 9.80 Å². The van der Waals surface area contributed by atoms with Crippen molar-refractivity contribution >= 4 is 105 Å². The Morgan fingerprint density at radius 2 is 0.971 bits per heavy atom. The van der Waals surface area contributed by atoms with Crippen LogP contribution in [0.2, 0.25) is 0 Å². The zero-order chi connectivity index (χ0) is 47.4. The Labute approximate surface area is 399 Å². The minimum absolute atomic E-state index is 0.0929. The van der Waals surface area contributed by atoms with Crippen LogP contribution in [0.1, 0.15) is 77.6 Å². The summed E-state index contributed by atoms with van der Waals surface area (Å²) in [6.45, 7) is 26.8. The molecule has 4 nitrogen and oxygen atoms in total. The molecule has 11 rings (SSSR count). The maximum absolute atomic E-state index is 7.09. The summed E-state index contributed by atoms with van der Waals surface area (Å²) in [6.07, 6.45) is 6.38. The SMILES string of the molecule is C=C(/C=C\C(C)=C\C)N(c1ccc2ccc3c(N(c4ccc(C)c(C)c4)c4cccc5c4oc4c(C(C)(C)C)cccc45)ccc4ccc1c2c43)c1cccc2c1oc1c(C(C)(C)C)cccc12. The Morgan fingerprint density at radius 1 is 0.485 bits per heavy atom. The van der Waals surface area contributed by atoms with Gasteiger partial charge in [0.2, 0.25) is 0 Å². The molecule has 2 aromatic heterocycles. The van der Waals surface area contributed by atoms with Gasteiger partial charge in [-0.25, -0.2) is 0 Å². The van der Waals surface area contributed by atoms with Crippen LogP contribution in [0.25, 0.3) is 76.2 Å². The Kier molecular flexibility index (Phi) is 9.98. The van der Waals surface area contributed by atoms with Crippen molar-refractivity contribution in [2.45, 2.75) is 80.1 Å². The van der Waals surface area contributed by atoms with Crippen molar-refractivity contribution < 1.29 is 8.83 Å². The lowest BCUT2D eigenvalue weighted by Gasteiger charge is -2.29. The van der Waals surface area contributed by atoms with E-state index in [1.165, 1.54) is 43.8 Å². The monoisotopic (exact) mass is 886 g/mol. The second-order valence-corrected chi connectivity index (χ2v) is 20.8. The van der Waals surface area contributed by atoms with Gasteiger partial charge in [0.1, 0.15) is 11.2 Å². The third-order valence-corrected chi connectivity index (χ3v) is 14.2. The first-order valence-electron chi connectivity index (χ1n) is 23.9. The molecule has 4 heteroatoms. The second-order valence-electron chi connectivity index (χ2n) is 20.8. The smallest absolute Gasteiger partial charge is 0.159 e. The zero-order valence-electron chi connectivity index (χ0n) is 40.9. The van der Waals surface area contributed by atoms with E-state index in [-0.39, 0.29) is 10.8 Å². The van der Waals surface area contributed by atoms with Crippen LogP contribution in [0, 0.1) is 13.8 Å². The highest BCUT2D eigenvalue weighted by molar-refractivity contribution is 6.28. The molecule has 0 unspecified atom stereocenters. The molecule has 0 bridgehead atoms. The van der Waals surface area contributed by atoms with E-state index in [0.29, 0.717) is 0 Å². The van der Waals surface area contributed by atoms with Crippen molar-refractivity contribution in [3.8, 4) is 0 Å². The molecular weight excluding hydrogens is 829 g/mol. The number of allylic oxidation sites excluding steroid dienone is 4. The number of benzene rings is 9. The number of nitrogens with zero attached hydrogens (tertiary/aromatic N) is 2. The summed E-state index contributed by atoms with van der Waals surface area (Å²) in [7, 11) is 0. The molecule has 0 saturated carbocycles. The lowest BCUT2D eigenvalue weighted by Crippen LogP contribution is -2.15. The van der Waals surface area contributed by atoms with Gasteiger partial charge in [-0.1, -0.05) is 169 Å². The predicted octanol–water partition coefficient (Wildman–Crippen LogP) is 19.2. The van der Waals surface area contributed by atoms with Gasteiger partial charge in [0.15, 0.2) is 11.2 Å².